The molecule has 1 rings (SSSR count). The molecule has 0 saturated carbocycles. The molecule has 0 atom stereocenters. The minimum Gasteiger partial charge on any atom is -0.302 e. The molecule has 4 N–H and O–H groups in total. The molecule has 0 spiro atoms. The van der Waals surface area contributed by atoms with Crippen molar-refractivity contribution in [2.75, 3.05) is 24.9 Å². The maximum atomic E-state index is 5.81. The summed E-state index contributed by atoms with van der Waals surface area (Å²) >= 11 is 5.81. The van der Waals surface area contributed by atoms with Crippen molar-refractivity contribution in [2.24, 2.45) is 5.84 Å². The van der Waals surface area contributed by atoms with Crippen molar-refractivity contribution in [3.8, 4) is 0 Å². The van der Waals surface area contributed by atoms with Crippen LogP contribution in [0.15, 0.2) is 6.20 Å². The van der Waals surface area contributed by atoms with Crippen LogP contribution in [0.4, 0.5) is 11.8 Å². The van der Waals surface area contributed by atoms with Gasteiger partial charge in [-0.15, -0.1) is 0 Å². The molecule has 13 heavy (non-hydrogen) atoms. The zero-order chi connectivity index (χ0) is 9.84. The van der Waals surface area contributed by atoms with E-state index in [0.29, 0.717) is 16.8 Å². The lowest BCUT2D eigenvalue weighted by Crippen LogP contribution is -2.21. The molecule has 1 aromatic heterocycles. The topological polar surface area (TPSA) is 79.1 Å². The second-order valence-corrected chi connectivity index (χ2v) is 2.95. The van der Waals surface area contributed by atoms with Crippen LogP contribution in [0.5, 0.6) is 0 Å². The van der Waals surface area contributed by atoms with Crippen LogP contribution in [0, 0.1) is 0 Å². The van der Waals surface area contributed by atoms with Gasteiger partial charge in [-0.05, 0) is 0 Å². The quantitative estimate of drug-likeness (QED) is 0.484. The van der Waals surface area contributed by atoms with Gasteiger partial charge in [0.05, 0.1) is 6.20 Å². The van der Waals surface area contributed by atoms with Crippen LogP contribution in [0.2, 0.25) is 5.02 Å². The Morgan fingerprint density at radius 3 is 2.77 bits per heavy atom. The fraction of sp³-hybridized carbons (Fsp3) is 0.333. The van der Waals surface area contributed by atoms with Gasteiger partial charge in [-0.1, -0.05) is 11.6 Å². The molecule has 1 heterocycles. The smallest absolute Gasteiger partial charge is 0.239 e. The van der Waals surface area contributed by atoms with Gasteiger partial charge in [0.25, 0.3) is 0 Å². The Bertz CT molecular complexity index is 288. The van der Waals surface area contributed by atoms with E-state index < -0.39 is 0 Å². The Hall–Kier alpha value is -1.11. The third-order valence-corrected chi connectivity index (χ3v) is 1.48. The van der Waals surface area contributed by atoms with Crippen molar-refractivity contribution in [1.29, 1.82) is 0 Å². The lowest BCUT2D eigenvalue weighted by Gasteiger charge is -2.13. The van der Waals surface area contributed by atoms with E-state index in [-0.39, 0.29) is 0 Å². The summed E-state index contributed by atoms with van der Waals surface area (Å²) in [6.07, 6.45) is 1.47. The SMILES string of the molecule is CN(C)Nc1nc(NN)ncc1Cl. The van der Waals surface area contributed by atoms with Crippen molar-refractivity contribution in [3.63, 3.8) is 0 Å². The highest BCUT2D eigenvalue weighted by Crippen LogP contribution is 2.18. The summed E-state index contributed by atoms with van der Waals surface area (Å²) in [4.78, 5) is 7.83. The molecule has 0 bridgehead atoms. The van der Waals surface area contributed by atoms with Crippen molar-refractivity contribution in [2.45, 2.75) is 0 Å². The number of aromatic nitrogens is 2. The minimum absolute atomic E-state index is 0.314. The van der Waals surface area contributed by atoms with E-state index >= 15 is 0 Å². The molecule has 0 radical (unpaired) electrons. The van der Waals surface area contributed by atoms with Crippen LogP contribution in [0.25, 0.3) is 0 Å². The summed E-state index contributed by atoms with van der Waals surface area (Å²) in [5, 5.41) is 2.15. The van der Waals surface area contributed by atoms with Crippen molar-refractivity contribution in [3.05, 3.63) is 11.2 Å². The molecule has 0 amide bonds. The Kier molecular flexibility index (Phi) is 3.24. The maximum absolute atomic E-state index is 5.81. The second-order valence-electron chi connectivity index (χ2n) is 2.54. The van der Waals surface area contributed by atoms with Crippen LogP contribution in [-0.2, 0) is 0 Å². The minimum atomic E-state index is 0.314. The standard InChI is InChI=1S/C6H11ClN6/c1-13(2)12-5-4(7)3-9-6(10-5)11-8/h3H,8H2,1-2H3,(H2,9,10,11,12). The second kappa shape index (κ2) is 4.22. The Balaban J connectivity index is 2.90. The molecular formula is C6H11ClN6. The summed E-state index contributed by atoms with van der Waals surface area (Å²) in [5.41, 5.74) is 5.23. The van der Waals surface area contributed by atoms with Gasteiger partial charge >= 0.3 is 0 Å². The summed E-state index contributed by atoms with van der Waals surface area (Å²) in [7, 11) is 3.65. The van der Waals surface area contributed by atoms with E-state index in [9.17, 15) is 0 Å². The Morgan fingerprint density at radius 1 is 1.54 bits per heavy atom. The molecule has 0 fully saturated rings. The summed E-state index contributed by atoms with van der Waals surface area (Å²) in [6, 6.07) is 0. The van der Waals surface area contributed by atoms with E-state index in [1.54, 1.807) is 5.01 Å². The lowest BCUT2D eigenvalue weighted by molar-refractivity contribution is 0.492. The van der Waals surface area contributed by atoms with Crippen LogP contribution >= 0.6 is 11.6 Å². The number of hydrazine groups is 2. The van der Waals surface area contributed by atoms with E-state index in [1.165, 1.54) is 6.20 Å². The zero-order valence-corrected chi connectivity index (χ0v) is 8.13. The van der Waals surface area contributed by atoms with Crippen LogP contribution in [-0.4, -0.2) is 29.1 Å². The lowest BCUT2D eigenvalue weighted by atomic mass is 10.6. The molecular weight excluding hydrogens is 192 g/mol. The number of halogens is 1. The first-order valence-corrected chi connectivity index (χ1v) is 3.94. The molecule has 0 saturated heterocycles. The highest BCUT2D eigenvalue weighted by atomic mass is 35.5. The molecule has 1 aromatic rings. The molecule has 0 aromatic carbocycles. The Labute approximate surface area is 81.0 Å². The monoisotopic (exact) mass is 202 g/mol. The summed E-state index contributed by atoms with van der Waals surface area (Å²) in [6.45, 7) is 0. The van der Waals surface area contributed by atoms with Gasteiger partial charge in [0, 0.05) is 14.1 Å². The highest BCUT2D eigenvalue weighted by Gasteiger charge is 2.04. The zero-order valence-electron chi connectivity index (χ0n) is 7.37. The molecule has 6 nitrogen and oxygen atoms in total. The fourth-order valence-electron chi connectivity index (χ4n) is 0.727. The number of nitrogens with two attached hydrogens (primary N) is 1. The third kappa shape index (κ3) is 2.69. The van der Waals surface area contributed by atoms with E-state index in [4.69, 9.17) is 17.4 Å². The largest absolute Gasteiger partial charge is 0.302 e. The Morgan fingerprint density at radius 2 is 2.23 bits per heavy atom. The number of hydrogen-bond acceptors (Lipinski definition) is 6. The van der Waals surface area contributed by atoms with Crippen LogP contribution < -0.4 is 16.7 Å². The van der Waals surface area contributed by atoms with E-state index in [1.807, 2.05) is 14.1 Å². The number of anilines is 2. The van der Waals surface area contributed by atoms with Crippen LogP contribution in [0.1, 0.15) is 0 Å². The third-order valence-electron chi connectivity index (χ3n) is 1.20. The van der Waals surface area contributed by atoms with Crippen molar-refractivity contribution >= 4 is 23.4 Å². The van der Waals surface area contributed by atoms with Crippen LogP contribution in [0.3, 0.4) is 0 Å². The van der Waals surface area contributed by atoms with Gasteiger partial charge in [-0.2, -0.15) is 4.98 Å². The fourth-order valence-corrected chi connectivity index (χ4v) is 0.860. The molecule has 0 aliphatic carbocycles. The predicted octanol–water partition coefficient (Wildman–Crippen LogP) is 0.304. The number of nitrogens with one attached hydrogen (secondary N) is 2. The summed E-state index contributed by atoms with van der Waals surface area (Å²) in [5.74, 6) is 5.96. The molecule has 0 aliphatic rings. The predicted molar refractivity (Wildman–Crippen MR) is 52.2 cm³/mol. The number of rotatable bonds is 3. The molecule has 0 unspecified atom stereocenters. The molecule has 0 aliphatic heterocycles. The highest BCUT2D eigenvalue weighted by molar-refractivity contribution is 6.32. The van der Waals surface area contributed by atoms with Gasteiger partial charge < -0.3 is 5.43 Å². The normalized spacial score (nSPS) is 10.2. The molecule has 7 heteroatoms. The van der Waals surface area contributed by atoms with E-state index in [2.05, 4.69) is 20.8 Å². The maximum Gasteiger partial charge on any atom is 0.239 e. The van der Waals surface area contributed by atoms with Gasteiger partial charge in [0.2, 0.25) is 5.95 Å². The van der Waals surface area contributed by atoms with Gasteiger partial charge in [0.1, 0.15) is 5.02 Å². The molecule has 72 valence electrons. The van der Waals surface area contributed by atoms with E-state index in [0.717, 1.165) is 0 Å². The average molecular weight is 203 g/mol. The first kappa shape index (κ1) is 9.97. The first-order chi connectivity index (χ1) is 6.13. The number of nitrogens with zero attached hydrogens (tertiary/aromatic N) is 3. The first-order valence-electron chi connectivity index (χ1n) is 3.56. The van der Waals surface area contributed by atoms with Crippen molar-refractivity contribution < 1.29 is 0 Å². The number of nitrogen functional groups attached to an aromatic ring is 1. The average Bonchev–Trinajstić information content (AvgIpc) is 2.08. The van der Waals surface area contributed by atoms with Gasteiger partial charge in [-0.3, -0.25) is 5.43 Å². The van der Waals surface area contributed by atoms with Crippen molar-refractivity contribution in [1.82, 2.24) is 15.0 Å². The summed E-state index contributed by atoms with van der Waals surface area (Å²) < 4.78 is 0. The van der Waals surface area contributed by atoms with Gasteiger partial charge in [0.15, 0.2) is 5.82 Å². The number of hydrogen-bond donors (Lipinski definition) is 3. The van der Waals surface area contributed by atoms with Gasteiger partial charge in [-0.25, -0.2) is 15.8 Å².